The summed E-state index contributed by atoms with van der Waals surface area (Å²) in [5, 5.41) is 27.3. The van der Waals surface area contributed by atoms with Crippen LogP contribution < -0.4 is 16.1 Å². The number of unbranched alkanes of at least 4 members (excludes halogenated alkanes) is 3. The second-order valence-electron chi connectivity index (χ2n) is 5.55. The van der Waals surface area contributed by atoms with Gasteiger partial charge in [-0.15, -0.1) is 0 Å². The van der Waals surface area contributed by atoms with Crippen LogP contribution in [0.2, 0.25) is 0 Å². The molecule has 0 aliphatic heterocycles. The maximum Gasteiger partial charge on any atom is 0.407 e. The lowest BCUT2D eigenvalue weighted by Gasteiger charge is -2.19. The Morgan fingerprint density at radius 2 is 1.79 bits per heavy atom. The number of nitrogens with one attached hydrogen (secondary N) is 3. The number of rotatable bonds is 16. The summed E-state index contributed by atoms with van der Waals surface area (Å²) in [6.07, 6.45) is 4.39. The minimum atomic E-state index is -1.64. The van der Waals surface area contributed by atoms with E-state index in [1.54, 1.807) is 13.3 Å². The smallest absolute Gasteiger partial charge is 0.407 e. The Hall–Kier alpha value is -1.37. The van der Waals surface area contributed by atoms with Gasteiger partial charge in [-0.2, -0.15) is 5.10 Å². The van der Waals surface area contributed by atoms with Gasteiger partial charge in [-0.05, 0) is 38.4 Å². The summed E-state index contributed by atoms with van der Waals surface area (Å²) in [7, 11) is 4.60. The molecule has 28 heavy (non-hydrogen) atoms. The number of aliphatic hydroxyl groups is 2. The van der Waals surface area contributed by atoms with Gasteiger partial charge < -0.3 is 35.7 Å². The zero-order valence-corrected chi connectivity index (χ0v) is 18.0. The molecular weight excluding hydrogens is 408 g/mol. The van der Waals surface area contributed by atoms with Gasteiger partial charge in [-0.3, -0.25) is 0 Å². The number of hydrazone groups is 1. The third kappa shape index (κ3) is 16.8. The van der Waals surface area contributed by atoms with E-state index in [1.807, 2.05) is 6.26 Å². The molecule has 0 saturated heterocycles. The largest absolute Gasteiger partial charge is 0.450 e. The monoisotopic (exact) mass is 440 g/mol. The molecule has 164 valence electrons. The van der Waals surface area contributed by atoms with Crippen molar-refractivity contribution in [1.82, 2.24) is 16.1 Å². The number of alkyl carbamates (subject to hydrolysis) is 2. The van der Waals surface area contributed by atoms with Crippen molar-refractivity contribution in [2.24, 2.45) is 5.10 Å². The Labute approximate surface area is 174 Å². The van der Waals surface area contributed by atoms with E-state index in [0.29, 0.717) is 31.7 Å². The maximum absolute atomic E-state index is 11.6. The highest BCUT2D eigenvalue weighted by atomic mass is 33.1. The highest BCUT2D eigenvalue weighted by molar-refractivity contribution is 8.76. The van der Waals surface area contributed by atoms with Gasteiger partial charge in [-0.25, -0.2) is 9.59 Å². The third-order valence-electron chi connectivity index (χ3n) is 3.28. The van der Waals surface area contributed by atoms with Crippen LogP contribution >= 0.6 is 21.6 Å². The van der Waals surface area contributed by atoms with Crippen molar-refractivity contribution in [3.8, 4) is 0 Å². The van der Waals surface area contributed by atoms with Gasteiger partial charge in [0.2, 0.25) is 0 Å². The van der Waals surface area contributed by atoms with Crippen molar-refractivity contribution in [3.63, 3.8) is 0 Å². The van der Waals surface area contributed by atoms with E-state index in [0.717, 1.165) is 19.3 Å². The van der Waals surface area contributed by atoms with Crippen molar-refractivity contribution in [3.05, 3.63) is 0 Å². The first-order valence-corrected chi connectivity index (χ1v) is 11.8. The Morgan fingerprint density at radius 3 is 2.39 bits per heavy atom. The summed E-state index contributed by atoms with van der Waals surface area (Å²) >= 11 is 0. The van der Waals surface area contributed by atoms with E-state index in [2.05, 4.69) is 21.2 Å². The van der Waals surface area contributed by atoms with Gasteiger partial charge in [0.25, 0.3) is 0 Å². The van der Waals surface area contributed by atoms with E-state index >= 15 is 0 Å². The van der Waals surface area contributed by atoms with E-state index in [1.165, 1.54) is 21.6 Å². The molecular formula is C16H32N4O6S2. The molecule has 0 saturated carbocycles. The molecule has 0 fully saturated rings. The average molecular weight is 441 g/mol. The van der Waals surface area contributed by atoms with Crippen LogP contribution in [-0.4, -0.2) is 79.8 Å². The molecule has 0 bridgehead atoms. The molecule has 0 unspecified atom stereocenters. The van der Waals surface area contributed by atoms with Gasteiger partial charge >= 0.3 is 12.2 Å². The second-order valence-corrected chi connectivity index (χ2v) is 8.16. The van der Waals surface area contributed by atoms with Crippen LogP contribution in [0.3, 0.4) is 0 Å². The van der Waals surface area contributed by atoms with E-state index in [-0.39, 0.29) is 6.61 Å². The molecule has 2 amide bonds. The number of aliphatic hydroxyl groups excluding tert-OH is 1. The zero-order valence-electron chi connectivity index (χ0n) is 16.4. The minimum absolute atomic E-state index is 0.204. The Morgan fingerprint density at radius 1 is 1.11 bits per heavy atom. The molecule has 1 atom stereocenters. The molecule has 0 radical (unpaired) electrons. The first-order chi connectivity index (χ1) is 13.5. The van der Waals surface area contributed by atoms with E-state index in [9.17, 15) is 19.8 Å². The maximum atomic E-state index is 11.6. The van der Waals surface area contributed by atoms with Crippen LogP contribution in [-0.2, 0) is 9.47 Å². The molecule has 0 aromatic rings. The van der Waals surface area contributed by atoms with Crippen LogP contribution in [0.1, 0.15) is 32.1 Å². The van der Waals surface area contributed by atoms with Crippen LogP contribution in [0, 0.1) is 0 Å². The molecule has 0 heterocycles. The lowest BCUT2D eigenvalue weighted by atomic mass is 10.2. The fourth-order valence-corrected chi connectivity index (χ4v) is 3.22. The van der Waals surface area contributed by atoms with Gasteiger partial charge in [0.1, 0.15) is 0 Å². The third-order valence-corrected chi connectivity index (χ3v) is 5.13. The molecule has 0 rings (SSSR count). The van der Waals surface area contributed by atoms with Crippen molar-refractivity contribution in [2.45, 2.75) is 44.4 Å². The highest BCUT2D eigenvalue weighted by Crippen LogP contribution is 2.18. The SMILES string of the molecule is CN/N=C\CCCNC(=O)OCCCCCOC(=O)N[C@H](CSSC)C(O)O. The van der Waals surface area contributed by atoms with Crippen LogP contribution in [0.4, 0.5) is 9.59 Å². The summed E-state index contributed by atoms with van der Waals surface area (Å²) in [6, 6.07) is -0.785. The number of hydrogen-bond acceptors (Lipinski definition) is 10. The first-order valence-electron chi connectivity index (χ1n) is 9.05. The van der Waals surface area contributed by atoms with Crippen molar-refractivity contribution < 1.29 is 29.3 Å². The lowest BCUT2D eigenvalue weighted by Crippen LogP contribution is -2.45. The van der Waals surface area contributed by atoms with Crippen molar-refractivity contribution in [2.75, 3.05) is 38.8 Å². The highest BCUT2D eigenvalue weighted by Gasteiger charge is 2.19. The van der Waals surface area contributed by atoms with Gasteiger partial charge in [0.15, 0.2) is 6.29 Å². The van der Waals surface area contributed by atoms with Gasteiger partial charge in [0, 0.05) is 25.6 Å². The fraction of sp³-hybridized carbons (Fsp3) is 0.812. The molecule has 0 aliphatic rings. The fourth-order valence-electron chi connectivity index (χ4n) is 1.84. The average Bonchev–Trinajstić information content (AvgIpc) is 2.66. The van der Waals surface area contributed by atoms with Crippen LogP contribution in [0.15, 0.2) is 5.10 Å². The van der Waals surface area contributed by atoms with Crippen LogP contribution in [0.25, 0.3) is 0 Å². The number of carbonyl (C=O) groups is 2. The predicted octanol–water partition coefficient (Wildman–Crippen LogP) is 1.28. The minimum Gasteiger partial charge on any atom is -0.450 e. The summed E-state index contributed by atoms with van der Waals surface area (Å²) in [5.74, 6) is 0.358. The zero-order chi connectivity index (χ0) is 21.0. The van der Waals surface area contributed by atoms with Gasteiger partial charge in [0.05, 0.1) is 19.3 Å². The number of amides is 2. The number of hydrogen-bond donors (Lipinski definition) is 5. The molecule has 0 aromatic carbocycles. The van der Waals surface area contributed by atoms with Crippen molar-refractivity contribution >= 4 is 40.0 Å². The van der Waals surface area contributed by atoms with Crippen molar-refractivity contribution in [1.29, 1.82) is 0 Å². The Bertz CT molecular complexity index is 443. The molecule has 0 aromatic heterocycles. The first kappa shape index (κ1) is 26.6. The normalized spacial score (nSPS) is 12.0. The quantitative estimate of drug-likeness (QED) is 0.0789. The lowest BCUT2D eigenvalue weighted by molar-refractivity contribution is -0.0604. The Balaban J connectivity index is 3.58. The summed E-state index contributed by atoms with van der Waals surface area (Å²) in [5.41, 5.74) is 2.65. The van der Waals surface area contributed by atoms with E-state index < -0.39 is 24.5 Å². The summed E-state index contributed by atoms with van der Waals surface area (Å²) < 4.78 is 10.0. The standard InChI is InChI=1S/C16H32N4O6S2/c1-17-19-9-5-4-8-18-15(23)25-10-6-3-7-11-26-16(24)20-13(14(21)22)12-28-27-2/h9,13-14,17,21-22H,3-8,10-12H2,1-2H3,(H,18,23)(H,20,24)/b19-9-/t13-/m1/s1. The molecule has 0 aliphatic carbocycles. The van der Waals surface area contributed by atoms with Gasteiger partial charge in [-0.1, -0.05) is 21.6 Å². The summed E-state index contributed by atoms with van der Waals surface area (Å²) in [4.78, 5) is 23.1. The van der Waals surface area contributed by atoms with E-state index in [4.69, 9.17) is 9.47 Å². The topological polar surface area (TPSA) is 142 Å². The molecule has 10 nitrogen and oxygen atoms in total. The van der Waals surface area contributed by atoms with Crippen LogP contribution in [0.5, 0.6) is 0 Å². The number of carbonyl (C=O) groups excluding carboxylic acids is 2. The second kappa shape index (κ2) is 19.0. The number of ether oxygens (including phenoxy) is 2. The summed E-state index contributed by atoms with van der Waals surface area (Å²) in [6.45, 7) is 1.02. The molecule has 12 heteroatoms. The Kier molecular flexibility index (Phi) is 18.0. The number of nitrogens with zero attached hydrogens (tertiary/aromatic N) is 1. The molecule has 0 spiro atoms. The predicted molar refractivity (Wildman–Crippen MR) is 112 cm³/mol. The molecule has 5 N–H and O–H groups in total.